The molecule has 0 radical (unpaired) electrons. The largest absolute Gasteiger partial charge is 0.361 e. The van der Waals surface area contributed by atoms with Crippen LogP contribution < -0.4 is 10.6 Å². The van der Waals surface area contributed by atoms with Crippen LogP contribution in [0, 0.1) is 6.92 Å². The number of anilines is 1. The molecule has 1 aliphatic heterocycles. The predicted octanol–water partition coefficient (Wildman–Crippen LogP) is 3.15. The molecule has 0 bridgehead atoms. The van der Waals surface area contributed by atoms with Crippen molar-refractivity contribution >= 4 is 34.6 Å². The Morgan fingerprint density at radius 2 is 2.03 bits per heavy atom. The van der Waals surface area contributed by atoms with Gasteiger partial charge in [0.15, 0.2) is 0 Å². The Hall–Kier alpha value is -3.61. The molecule has 3 N–H and O–H groups in total. The number of benzene rings is 1. The molecule has 2 amide bonds. The van der Waals surface area contributed by atoms with E-state index in [1.54, 1.807) is 23.2 Å². The number of carbonyl (C=O) groups excluding carboxylic acids is 2. The Kier molecular flexibility index (Phi) is 5.27. The number of carbonyl (C=O) groups is 2. The summed E-state index contributed by atoms with van der Waals surface area (Å²) in [5.41, 5.74) is 4.97. The Morgan fingerprint density at radius 3 is 2.87 bits per heavy atom. The van der Waals surface area contributed by atoms with Crippen molar-refractivity contribution < 1.29 is 9.59 Å². The lowest BCUT2D eigenvalue weighted by molar-refractivity contribution is -0.126. The molecule has 0 saturated heterocycles. The highest BCUT2D eigenvalue weighted by atomic mass is 16.2. The number of nitrogens with zero attached hydrogens (tertiary/aromatic N) is 2. The van der Waals surface area contributed by atoms with Crippen LogP contribution in [0.15, 0.2) is 42.6 Å². The fraction of sp³-hybridized carbons (Fsp3) is 0.261. The number of hydrogen-bond acceptors (Lipinski definition) is 4. The number of fused-ring (bicyclic) bond motifs is 2. The monoisotopic (exact) mass is 403 g/mol. The smallest absolute Gasteiger partial charge is 0.246 e. The Bertz CT molecular complexity index is 1150. The van der Waals surface area contributed by atoms with E-state index in [9.17, 15) is 9.59 Å². The first-order valence-electron chi connectivity index (χ1n) is 9.95. The molecule has 0 spiro atoms. The summed E-state index contributed by atoms with van der Waals surface area (Å²) in [7, 11) is 1.81. The quantitative estimate of drug-likeness (QED) is 0.584. The fourth-order valence-electron chi connectivity index (χ4n) is 3.84. The van der Waals surface area contributed by atoms with Crippen LogP contribution in [0.1, 0.15) is 35.3 Å². The van der Waals surface area contributed by atoms with E-state index in [-0.39, 0.29) is 24.4 Å². The van der Waals surface area contributed by atoms with Crippen molar-refractivity contribution in [1.29, 1.82) is 0 Å². The number of likely N-dealkylation sites (N-methyl/N-ethyl adjacent to an activating group) is 1. The molecule has 7 nitrogen and oxygen atoms in total. The highest BCUT2D eigenvalue weighted by Crippen LogP contribution is 2.30. The van der Waals surface area contributed by atoms with Gasteiger partial charge in [-0.2, -0.15) is 0 Å². The molecule has 1 aromatic carbocycles. The third-order valence-corrected chi connectivity index (χ3v) is 5.59. The van der Waals surface area contributed by atoms with Crippen molar-refractivity contribution in [3.05, 3.63) is 65.0 Å². The van der Waals surface area contributed by atoms with Crippen molar-refractivity contribution in [3.63, 3.8) is 0 Å². The second-order valence-electron chi connectivity index (χ2n) is 7.57. The molecule has 1 unspecified atom stereocenters. The van der Waals surface area contributed by atoms with Crippen LogP contribution in [0.2, 0.25) is 0 Å². The maximum absolute atomic E-state index is 12.8. The van der Waals surface area contributed by atoms with Gasteiger partial charge in [0, 0.05) is 53.6 Å². The van der Waals surface area contributed by atoms with Gasteiger partial charge in [-0.1, -0.05) is 18.2 Å². The number of aromatic nitrogens is 2. The van der Waals surface area contributed by atoms with Crippen LogP contribution in [0.25, 0.3) is 17.0 Å². The average Bonchev–Trinajstić information content (AvgIpc) is 2.97. The number of hydrogen-bond donors (Lipinski definition) is 3. The SMILES string of the molecule is Cc1[nH]c2ccccc2c1C(C)N(C)C(=O)C=Cc1cnc2c(c1)CNC(=O)CN2. The zero-order valence-electron chi connectivity index (χ0n) is 17.3. The Morgan fingerprint density at radius 1 is 1.23 bits per heavy atom. The maximum Gasteiger partial charge on any atom is 0.246 e. The minimum atomic E-state index is -0.0893. The summed E-state index contributed by atoms with van der Waals surface area (Å²) < 4.78 is 0. The van der Waals surface area contributed by atoms with Crippen molar-refractivity contribution in [3.8, 4) is 0 Å². The molecule has 30 heavy (non-hydrogen) atoms. The molecule has 2 aromatic heterocycles. The van der Waals surface area contributed by atoms with Gasteiger partial charge in [-0.25, -0.2) is 4.98 Å². The summed E-state index contributed by atoms with van der Waals surface area (Å²) in [6, 6.07) is 9.98. The number of aryl methyl sites for hydroxylation is 1. The third kappa shape index (κ3) is 3.78. The Labute approximate surface area is 175 Å². The average molecular weight is 403 g/mol. The van der Waals surface area contributed by atoms with E-state index in [2.05, 4.69) is 26.7 Å². The molecule has 1 aliphatic rings. The molecule has 0 fully saturated rings. The van der Waals surface area contributed by atoms with Gasteiger partial charge in [-0.05, 0) is 37.6 Å². The van der Waals surface area contributed by atoms with Gasteiger partial charge in [0.25, 0.3) is 0 Å². The molecular formula is C23H25N5O2. The number of rotatable bonds is 4. The topological polar surface area (TPSA) is 90.1 Å². The number of H-pyrrole nitrogens is 1. The molecule has 7 heteroatoms. The van der Waals surface area contributed by atoms with E-state index in [1.165, 1.54) is 0 Å². The normalized spacial score (nSPS) is 14.7. The lowest BCUT2D eigenvalue weighted by atomic mass is 10.0. The van der Waals surface area contributed by atoms with E-state index in [4.69, 9.17) is 0 Å². The van der Waals surface area contributed by atoms with Crippen LogP contribution >= 0.6 is 0 Å². The standard InChI is InChI=1S/C23H25N5O2/c1-14-22(18-6-4-5-7-19(18)27-14)15(2)28(3)21(30)9-8-16-10-17-12-24-20(29)13-26-23(17)25-11-16/h4-11,15,27H,12-13H2,1-3H3,(H,24,29)(H,25,26). The van der Waals surface area contributed by atoms with E-state index < -0.39 is 0 Å². The first-order valence-corrected chi connectivity index (χ1v) is 9.95. The summed E-state index contributed by atoms with van der Waals surface area (Å²) in [5, 5.41) is 6.96. The third-order valence-electron chi connectivity index (χ3n) is 5.59. The highest BCUT2D eigenvalue weighted by Gasteiger charge is 2.21. The van der Waals surface area contributed by atoms with Gasteiger partial charge in [0.05, 0.1) is 12.6 Å². The number of pyridine rings is 1. The van der Waals surface area contributed by atoms with E-state index in [0.717, 1.165) is 33.3 Å². The van der Waals surface area contributed by atoms with Crippen molar-refractivity contribution in [2.45, 2.75) is 26.4 Å². The number of aromatic amines is 1. The summed E-state index contributed by atoms with van der Waals surface area (Å²) in [4.78, 5) is 33.9. The van der Waals surface area contributed by atoms with Gasteiger partial charge in [0.1, 0.15) is 5.82 Å². The van der Waals surface area contributed by atoms with Gasteiger partial charge < -0.3 is 20.5 Å². The van der Waals surface area contributed by atoms with Crippen LogP contribution in [0.3, 0.4) is 0 Å². The zero-order valence-corrected chi connectivity index (χ0v) is 17.3. The number of amides is 2. The van der Waals surface area contributed by atoms with Gasteiger partial charge in [-0.3, -0.25) is 9.59 Å². The van der Waals surface area contributed by atoms with E-state index in [0.29, 0.717) is 12.4 Å². The zero-order chi connectivity index (χ0) is 21.3. The van der Waals surface area contributed by atoms with Crippen LogP contribution in [0.4, 0.5) is 5.82 Å². The van der Waals surface area contributed by atoms with Crippen LogP contribution in [0.5, 0.6) is 0 Å². The van der Waals surface area contributed by atoms with Crippen molar-refractivity contribution in [1.82, 2.24) is 20.2 Å². The predicted molar refractivity (Wildman–Crippen MR) is 118 cm³/mol. The summed E-state index contributed by atoms with van der Waals surface area (Å²) in [5.74, 6) is 0.536. The van der Waals surface area contributed by atoms with Gasteiger partial charge in [0.2, 0.25) is 11.8 Å². The lowest BCUT2D eigenvalue weighted by Gasteiger charge is -2.24. The molecule has 3 heterocycles. The minimum Gasteiger partial charge on any atom is -0.361 e. The van der Waals surface area contributed by atoms with Crippen molar-refractivity contribution in [2.24, 2.45) is 0 Å². The number of para-hydroxylation sites is 1. The lowest BCUT2D eigenvalue weighted by Crippen LogP contribution is -2.28. The molecule has 0 aliphatic carbocycles. The molecule has 3 aromatic rings. The first-order chi connectivity index (χ1) is 14.4. The summed E-state index contributed by atoms with van der Waals surface area (Å²) in [6.45, 7) is 4.70. The molecular weight excluding hydrogens is 378 g/mol. The second-order valence-corrected chi connectivity index (χ2v) is 7.57. The van der Waals surface area contributed by atoms with Crippen LogP contribution in [-0.4, -0.2) is 40.3 Å². The molecule has 1 atom stereocenters. The minimum absolute atomic E-state index is 0.0662. The molecule has 4 rings (SSSR count). The van der Waals surface area contributed by atoms with Crippen molar-refractivity contribution in [2.75, 3.05) is 18.9 Å². The van der Waals surface area contributed by atoms with Gasteiger partial charge in [-0.15, -0.1) is 0 Å². The molecule has 154 valence electrons. The van der Waals surface area contributed by atoms with E-state index >= 15 is 0 Å². The fourth-order valence-corrected chi connectivity index (χ4v) is 3.84. The number of nitrogens with one attached hydrogen (secondary N) is 3. The van der Waals surface area contributed by atoms with E-state index in [1.807, 2.05) is 45.2 Å². The summed E-state index contributed by atoms with van der Waals surface area (Å²) in [6.07, 6.45) is 5.01. The summed E-state index contributed by atoms with van der Waals surface area (Å²) >= 11 is 0. The van der Waals surface area contributed by atoms with Crippen LogP contribution in [-0.2, 0) is 16.1 Å². The first kappa shape index (κ1) is 19.7. The second kappa shape index (κ2) is 8.02. The molecule has 0 saturated carbocycles. The maximum atomic E-state index is 12.8. The Balaban J connectivity index is 1.51. The van der Waals surface area contributed by atoms with Gasteiger partial charge >= 0.3 is 0 Å². The highest BCUT2D eigenvalue weighted by molar-refractivity contribution is 5.93.